The van der Waals surface area contributed by atoms with Crippen LogP contribution < -0.4 is 5.32 Å². The van der Waals surface area contributed by atoms with Crippen molar-refractivity contribution in [2.24, 2.45) is 11.8 Å². The van der Waals surface area contributed by atoms with Crippen LogP contribution in [-0.4, -0.2) is 56.8 Å². The van der Waals surface area contributed by atoms with Gasteiger partial charge in [-0.05, 0) is 51.1 Å². The number of hydrogen-bond donors (Lipinski definition) is 1. The molecule has 0 spiro atoms. The Bertz CT molecular complexity index is 419. The van der Waals surface area contributed by atoms with Gasteiger partial charge < -0.3 is 5.32 Å². The highest BCUT2D eigenvalue weighted by molar-refractivity contribution is 7.86. The molecule has 2 fully saturated rings. The number of nitrogens with one attached hydrogen (secondary N) is 1. The summed E-state index contributed by atoms with van der Waals surface area (Å²) in [4.78, 5) is 0. The number of rotatable bonds is 5. The number of nitrogens with zero attached hydrogens (tertiary/aromatic N) is 2. The van der Waals surface area contributed by atoms with Crippen LogP contribution in [-0.2, 0) is 10.2 Å². The lowest BCUT2D eigenvalue weighted by atomic mass is 9.86. The molecule has 0 aromatic rings. The quantitative estimate of drug-likeness (QED) is 0.839. The Morgan fingerprint density at radius 3 is 2.33 bits per heavy atom. The fourth-order valence-corrected chi connectivity index (χ4v) is 5.51. The maximum absolute atomic E-state index is 12.8. The highest BCUT2D eigenvalue weighted by Crippen LogP contribution is 2.30. The van der Waals surface area contributed by atoms with Crippen LogP contribution in [0.2, 0.25) is 0 Å². The van der Waals surface area contributed by atoms with Gasteiger partial charge in [0.25, 0.3) is 10.2 Å². The van der Waals surface area contributed by atoms with E-state index in [9.17, 15) is 8.42 Å². The molecule has 1 heterocycles. The first-order valence-corrected chi connectivity index (χ1v) is 9.74. The summed E-state index contributed by atoms with van der Waals surface area (Å²) in [5.41, 5.74) is 0. The molecule has 21 heavy (non-hydrogen) atoms. The van der Waals surface area contributed by atoms with Gasteiger partial charge in [-0.15, -0.1) is 0 Å². The van der Waals surface area contributed by atoms with Crippen LogP contribution in [0.25, 0.3) is 0 Å². The van der Waals surface area contributed by atoms with Crippen molar-refractivity contribution < 1.29 is 8.42 Å². The van der Waals surface area contributed by atoms with Crippen molar-refractivity contribution in [1.29, 1.82) is 0 Å². The molecule has 124 valence electrons. The average molecular weight is 317 g/mol. The van der Waals surface area contributed by atoms with E-state index < -0.39 is 10.2 Å². The van der Waals surface area contributed by atoms with Crippen LogP contribution >= 0.6 is 0 Å². The van der Waals surface area contributed by atoms with Gasteiger partial charge in [0.1, 0.15) is 0 Å². The summed E-state index contributed by atoms with van der Waals surface area (Å²) < 4.78 is 29.0. The van der Waals surface area contributed by atoms with E-state index in [1.165, 1.54) is 6.42 Å². The molecule has 6 heteroatoms. The molecule has 1 N–H and O–H groups in total. The molecule has 1 saturated heterocycles. The van der Waals surface area contributed by atoms with Gasteiger partial charge in [-0.1, -0.05) is 19.8 Å². The Hall–Kier alpha value is -0.170. The number of piperidine rings is 1. The van der Waals surface area contributed by atoms with Gasteiger partial charge in [-0.3, -0.25) is 0 Å². The first kappa shape index (κ1) is 17.2. The summed E-state index contributed by atoms with van der Waals surface area (Å²) in [6, 6.07) is 0.179. The molecule has 0 radical (unpaired) electrons. The second-order valence-corrected chi connectivity index (χ2v) is 8.74. The van der Waals surface area contributed by atoms with Gasteiger partial charge in [0.2, 0.25) is 0 Å². The molecule has 0 bridgehead atoms. The molecule has 0 aromatic carbocycles. The zero-order valence-corrected chi connectivity index (χ0v) is 14.5. The minimum absolute atomic E-state index is 0.179. The Labute approximate surface area is 130 Å². The van der Waals surface area contributed by atoms with Crippen LogP contribution in [0.4, 0.5) is 0 Å². The topological polar surface area (TPSA) is 52.7 Å². The second kappa shape index (κ2) is 7.40. The van der Waals surface area contributed by atoms with Gasteiger partial charge in [-0.25, -0.2) is 0 Å². The fourth-order valence-electron chi connectivity index (χ4n) is 3.82. The monoisotopic (exact) mass is 317 g/mol. The fraction of sp³-hybridized carbons (Fsp3) is 1.00. The van der Waals surface area contributed by atoms with E-state index >= 15 is 0 Å². The van der Waals surface area contributed by atoms with Crippen LogP contribution in [0.15, 0.2) is 0 Å². The van der Waals surface area contributed by atoms with Gasteiger partial charge in [-0.2, -0.15) is 17.0 Å². The number of hydrogen-bond acceptors (Lipinski definition) is 3. The summed E-state index contributed by atoms with van der Waals surface area (Å²) >= 11 is 0. The van der Waals surface area contributed by atoms with E-state index in [4.69, 9.17) is 0 Å². The lowest BCUT2D eigenvalue weighted by Crippen LogP contribution is -2.51. The molecule has 1 aliphatic heterocycles. The van der Waals surface area contributed by atoms with Crippen LogP contribution in [0.1, 0.15) is 45.4 Å². The zero-order chi connectivity index (χ0) is 15.5. The minimum atomic E-state index is -3.29. The molecule has 2 unspecified atom stereocenters. The van der Waals surface area contributed by atoms with Crippen molar-refractivity contribution in [3.8, 4) is 0 Å². The van der Waals surface area contributed by atoms with E-state index in [1.54, 1.807) is 15.7 Å². The summed E-state index contributed by atoms with van der Waals surface area (Å²) in [6.45, 7) is 4.51. The van der Waals surface area contributed by atoms with Gasteiger partial charge >= 0.3 is 0 Å². The van der Waals surface area contributed by atoms with E-state index in [-0.39, 0.29) is 6.04 Å². The largest absolute Gasteiger partial charge is 0.319 e. The normalized spacial score (nSPS) is 29.9. The van der Waals surface area contributed by atoms with Crippen molar-refractivity contribution in [3.05, 3.63) is 0 Å². The summed E-state index contributed by atoms with van der Waals surface area (Å²) in [6.07, 6.45) is 6.48. The van der Waals surface area contributed by atoms with Crippen molar-refractivity contribution in [2.75, 3.05) is 33.7 Å². The molecule has 1 aliphatic carbocycles. The maximum Gasteiger partial charge on any atom is 0.281 e. The molecule has 0 aromatic heterocycles. The third-order valence-electron chi connectivity index (χ3n) is 5.29. The molecular weight excluding hydrogens is 286 g/mol. The Morgan fingerprint density at radius 1 is 1.14 bits per heavy atom. The van der Waals surface area contributed by atoms with Crippen molar-refractivity contribution in [1.82, 2.24) is 13.9 Å². The zero-order valence-electron chi connectivity index (χ0n) is 13.7. The SMILES string of the molecule is CNCC1CCN(S(=O)(=O)N(C)C2CCCCC2C)CC1. The molecular formula is C15H31N3O2S. The van der Waals surface area contributed by atoms with Gasteiger partial charge in [0.05, 0.1) is 0 Å². The van der Waals surface area contributed by atoms with Crippen LogP contribution in [0, 0.1) is 11.8 Å². The summed E-state index contributed by atoms with van der Waals surface area (Å²) in [7, 11) is 0.452. The Balaban J connectivity index is 1.97. The smallest absolute Gasteiger partial charge is 0.281 e. The lowest BCUT2D eigenvalue weighted by Gasteiger charge is -2.39. The molecule has 0 amide bonds. The lowest BCUT2D eigenvalue weighted by molar-refractivity contribution is 0.191. The first-order chi connectivity index (χ1) is 9.96. The highest BCUT2D eigenvalue weighted by atomic mass is 32.2. The van der Waals surface area contributed by atoms with Crippen LogP contribution in [0.3, 0.4) is 0 Å². The Morgan fingerprint density at radius 2 is 1.76 bits per heavy atom. The molecule has 2 aliphatic rings. The third kappa shape index (κ3) is 3.97. The van der Waals surface area contributed by atoms with E-state index in [0.717, 1.165) is 38.6 Å². The van der Waals surface area contributed by atoms with E-state index in [0.29, 0.717) is 24.9 Å². The van der Waals surface area contributed by atoms with Gasteiger partial charge in [0.15, 0.2) is 0 Å². The molecule has 2 rings (SSSR count). The molecule has 1 saturated carbocycles. The van der Waals surface area contributed by atoms with E-state index in [2.05, 4.69) is 12.2 Å². The maximum atomic E-state index is 12.8. The summed E-state index contributed by atoms with van der Waals surface area (Å²) in [5, 5.41) is 3.19. The first-order valence-electron chi connectivity index (χ1n) is 8.34. The molecule has 2 atom stereocenters. The minimum Gasteiger partial charge on any atom is -0.319 e. The predicted molar refractivity (Wildman–Crippen MR) is 86.3 cm³/mol. The highest BCUT2D eigenvalue weighted by Gasteiger charge is 2.37. The Kier molecular flexibility index (Phi) is 6.05. The third-order valence-corrected chi connectivity index (χ3v) is 7.31. The van der Waals surface area contributed by atoms with Crippen molar-refractivity contribution in [2.45, 2.75) is 51.5 Å². The van der Waals surface area contributed by atoms with Crippen LogP contribution in [0.5, 0.6) is 0 Å². The van der Waals surface area contributed by atoms with Crippen molar-refractivity contribution in [3.63, 3.8) is 0 Å². The summed E-state index contributed by atoms with van der Waals surface area (Å²) in [5.74, 6) is 1.08. The van der Waals surface area contributed by atoms with E-state index in [1.807, 2.05) is 7.05 Å². The predicted octanol–water partition coefficient (Wildman–Crippen LogP) is 1.67. The standard InChI is InChI=1S/C15H31N3O2S/c1-13-6-4-5-7-15(13)17(3)21(19,20)18-10-8-14(9-11-18)12-16-2/h13-16H,4-12H2,1-3H3. The van der Waals surface area contributed by atoms with Gasteiger partial charge in [0, 0.05) is 26.2 Å². The second-order valence-electron chi connectivity index (χ2n) is 6.75. The molecule has 5 nitrogen and oxygen atoms in total. The average Bonchev–Trinajstić information content (AvgIpc) is 2.48. The van der Waals surface area contributed by atoms with Crippen molar-refractivity contribution >= 4 is 10.2 Å².